The first-order chi connectivity index (χ1) is 18.3. The standard InChI is InChI=1S/C32H41N3O4/c1-9-35(30(37)27(20(2)3)34-31(38)39-32(6,7)8)28(26-16-12-13-21(4)22(26)5)29(36)33-25-18-17-23-14-10-11-15-24(23)19-25/h10-20,27-28H,9H2,1-8H3,(H,33,36)(H,34,38). The average Bonchev–Trinajstić information content (AvgIpc) is 2.86. The lowest BCUT2D eigenvalue weighted by molar-refractivity contribution is -0.141. The molecule has 3 amide bonds. The number of aryl methyl sites for hydroxylation is 1. The minimum absolute atomic E-state index is 0.234. The van der Waals surface area contributed by atoms with Gasteiger partial charge in [0.15, 0.2) is 0 Å². The summed E-state index contributed by atoms with van der Waals surface area (Å²) in [6, 6.07) is 17.6. The third kappa shape index (κ3) is 7.37. The molecule has 2 unspecified atom stereocenters. The Morgan fingerprint density at radius 2 is 1.59 bits per heavy atom. The maximum absolute atomic E-state index is 14.0. The fraction of sp³-hybridized carbons (Fsp3) is 0.406. The number of alkyl carbamates (subject to hydrolysis) is 1. The van der Waals surface area contributed by atoms with Gasteiger partial charge >= 0.3 is 6.09 Å². The zero-order valence-electron chi connectivity index (χ0n) is 24.3. The third-order valence-electron chi connectivity index (χ3n) is 6.75. The van der Waals surface area contributed by atoms with Gasteiger partial charge in [0.25, 0.3) is 5.91 Å². The van der Waals surface area contributed by atoms with E-state index in [4.69, 9.17) is 4.74 Å². The number of benzene rings is 3. The minimum Gasteiger partial charge on any atom is -0.444 e. The SMILES string of the molecule is CCN(C(=O)C(NC(=O)OC(C)(C)C)C(C)C)C(C(=O)Nc1ccc2ccccc2c1)c1cccc(C)c1C. The van der Waals surface area contributed by atoms with Gasteiger partial charge in [0.2, 0.25) is 5.91 Å². The fourth-order valence-electron chi connectivity index (χ4n) is 4.59. The highest BCUT2D eigenvalue weighted by Gasteiger charge is 2.37. The van der Waals surface area contributed by atoms with Crippen LogP contribution in [-0.4, -0.2) is 41.0 Å². The molecule has 0 saturated heterocycles. The van der Waals surface area contributed by atoms with Crippen molar-refractivity contribution in [3.63, 3.8) is 0 Å². The number of carbonyl (C=O) groups excluding carboxylic acids is 3. The molecule has 0 radical (unpaired) electrons. The van der Waals surface area contributed by atoms with Crippen LogP contribution in [0.25, 0.3) is 10.8 Å². The van der Waals surface area contributed by atoms with Crippen molar-refractivity contribution >= 4 is 34.4 Å². The lowest BCUT2D eigenvalue weighted by Gasteiger charge is -2.35. The van der Waals surface area contributed by atoms with Crippen molar-refractivity contribution in [1.82, 2.24) is 10.2 Å². The van der Waals surface area contributed by atoms with Crippen molar-refractivity contribution < 1.29 is 19.1 Å². The Morgan fingerprint density at radius 3 is 2.21 bits per heavy atom. The lowest BCUT2D eigenvalue weighted by atomic mass is 9.94. The molecule has 0 aliphatic rings. The first kappa shape index (κ1) is 29.7. The van der Waals surface area contributed by atoms with Crippen molar-refractivity contribution in [2.45, 2.75) is 73.1 Å². The predicted molar refractivity (Wildman–Crippen MR) is 157 cm³/mol. The Labute approximate surface area is 231 Å². The number of amides is 3. The number of hydrogen-bond donors (Lipinski definition) is 2. The molecule has 7 heteroatoms. The number of carbonyl (C=O) groups is 3. The van der Waals surface area contributed by atoms with Crippen LogP contribution in [0.15, 0.2) is 60.7 Å². The highest BCUT2D eigenvalue weighted by Crippen LogP contribution is 2.29. The largest absolute Gasteiger partial charge is 0.444 e. The van der Waals surface area contributed by atoms with E-state index in [2.05, 4.69) is 10.6 Å². The van der Waals surface area contributed by atoms with Crippen LogP contribution in [0.4, 0.5) is 10.5 Å². The van der Waals surface area contributed by atoms with Crippen LogP contribution in [0.2, 0.25) is 0 Å². The van der Waals surface area contributed by atoms with E-state index in [1.807, 2.05) is 95.3 Å². The maximum Gasteiger partial charge on any atom is 0.408 e. The van der Waals surface area contributed by atoms with E-state index in [1.165, 1.54) is 0 Å². The Morgan fingerprint density at radius 1 is 0.923 bits per heavy atom. The van der Waals surface area contributed by atoms with E-state index >= 15 is 0 Å². The molecule has 0 spiro atoms. The summed E-state index contributed by atoms with van der Waals surface area (Å²) in [7, 11) is 0. The number of rotatable bonds is 8. The van der Waals surface area contributed by atoms with Crippen LogP contribution in [0.5, 0.6) is 0 Å². The van der Waals surface area contributed by atoms with Gasteiger partial charge in [-0.3, -0.25) is 9.59 Å². The molecular weight excluding hydrogens is 490 g/mol. The van der Waals surface area contributed by atoms with E-state index in [0.29, 0.717) is 5.69 Å². The van der Waals surface area contributed by atoms with E-state index in [1.54, 1.807) is 25.7 Å². The molecule has 0 fully saturated rings. The Hall–Kier alpha value is -3.87. The summed E-state index contributed by atoms with van der Waals surface area (Å²) in [5.41, 5.74) is 2.63. The fourth-order valence-corrected chi connectivity index (χ4v) is 4.59. The first-order valence-corrected chi connectivity index (χ1v) is 13.5. The molecule has 0 saturated carbocycles. The van der Waals surface area contributed by atoms with Crippen molar-refractivity contribution in [3.05, 3.63) is 77.4 Å². The van der Waals surface area contributed by atoms with Gasteiger partial charge in [0.1, 0.15) is 17.7 Å². The van der Waals surface area contributed by atoms with E-state index in [9.17, 15) is 14.4 Å². The molecule has 0 aliphatic heterocycles. The summed E-state index contributed by atoms with van der Waals surface area (Å²) in [6.45, 7) is 15.1. The number of nitrogens with one attached hydrogen (secondary N) is 2. The summed E-state index contributed by atoms with van der Waals surface area (Å²) in [4.78, 5) is 42.2. The molecule has 3 aromatic rings. The van der Waals surface area contributed by atoms with E-state index in [-0.39, 0.29) is 24.3 Å². The normalized spacial score (nSPS) is 13.1. The zero-order chi connectivity index (χ0) is 28.9. The number of nitrogens with zero attached hydrogens (tertiary/aromatic N) is 1. The van der Waals surface area contributed by atoms with Crippen LogP contribution in [0.3, 0.4) is 0 Å². The van der Waals surface area contributed by atoms with Gasteiger partial charge in [0.05, 0.1) is 0 Å². The lowest BCUT2D eigenvalue weighted by Crippen LogP contribution is -2.54. The molecule has 39 heavy (non-hydrogen) atoms. The van der Waals surface area contributed by atoms with Gasteiger partial charge in [0, 0.05) is 12.2 Å². The van der Waals surface area contributed by atoms with Gasteiger partial charge in [-0.2, -0.15) is 0 Å². The molecule has 0 aromatic heterocycles. The Balaban J connectivity index is 2.01. The van der Waals surface area contributed by atoms with Gasteiger partial charge in [-0.25, -0.2) is 4.79 Å². The first-order valence-electron chi connectivity index (χ1n) is 13.5. The third-order valence-corrected chi connectivity index (χ3v) is 6.75. The van der Waals surface area contributed by atoms with Crippen molar-refractivity contribution in [1.29, 1.82) is 0 Å². The Kier molecular flexibility index (Phi) is 9.38. The molecule has 208 valence electrons. The quantitative estimate of drug-likeness (QED) is 0.346. The van der Waals surface area contributed by atoms with Crippen LogP contribution in [-0.2, 0) is 14.3 Å². The molecule has 2 atom stereocenters. The number of anilines is 1. The average molecular weight is 532 g/mol. The van der Waals surface area contributed by atoms with Crippen LogP contribution in [0.1, 0.15) is 64.3 Å². The van der Waals surface area contributed by atoms with Gasteiger partial charge in [-0.05, 0) is 87.1 Å². The topological polar surface area (TPSA) is 87.7 Å². The second-order valence-corrected chi connectivity index (χ2v) is 11.2. The van der Waals surface area contributed by atoms with Crippen molar-refractivity contribution in [3.8, 4) is 0 Å². The summed E-state index contributed by atoms with van der Waals surface area (Å²) in [5, 5.41) is 7.86. The number of hydrogen-bond acceptors (Lipinski definition) is 4. The van der Waals surface area contributed by atoms with Crippen LogP contribution < -0.4 is 10.6 Å². The highest BCUT2D eigenvalue weighted by atomic mass is 16.6. The number of likely N-dealkylation sites (N-methyl/N-ethyl adjacent to an activating group) is 1. The van der Waals surface area contributed by atoms with Crippen LogP contribution in [0, 0.1) is 19.8 Å². The van der Waals surface area contributed by atoms with Gasteiger partial charge in [-0.1, -0.05) is 62.4 Å². The van der Waals surface area contributed by atoms with E-state index < -0.39 is 23.8 Å². The van der Waals surface area contributed by atoms with Gasteiger partial charge in [-0.15, -0.1) is 0 Å². The second-order valence-electron chi connectivity index (χ2n) is 11.2. The predicted octanol–water partition coefficient (Wildman–Crippen LogP) is 6.53. The maximum atomic E-state index is 14.0. The molecule has 0 aliphatic carbocycles. The molecule has 0 bridgehead atoms. The minimum atomic E-state index is -0.907. The highest BCUT2D eigenvalue weighted by molar-refractivity contribution is 6.00. The molecule has 0 heterocycles. The smallest absolute Gasteiger partial charge is 0.408 e. The van der Waals surface area contributed by atoms with Gasteiger partial charge < -0.3 is 20.3 Å². The Bertz CT molecular complexity index is 1340. The summed E-state index contributed by atoms with van der Waals surface area (Å²) in [6.07, 6.45) is -0.672. The summed E-state index contributed by atoms with van der Waals surface area (Å²) < 4.78 is 5.42. The second kappa shape index (κ2) is 12.3. The van der Waals surface area contributed by atoms with Crippen molar-refractivity contribution in [2.75, 3.05) is 11.9 Å². The summed E-state index contributed by atoms with van der Waals surface area (Å²) in [5.74, 6) is -0.909. The summed E-state index contributed by atoms with van der Waals surface area (Å²) >= 11 is 0. The van der Waals surface area contributed by atoms with Crippen LogP contribution >= 0.6 is 0 Å². The zero-order valence-corrected chi connectivity index (χ0v) is 24.3. The molecule has 3 rings (SSSR count). The monoisotopic (exact) mass is 531 g/mol. The molecule has 3 aromatic carbocycles. The number of fused-ring (bicyclic) bond motifs is 1. The van der Waals surface area contributed by atoms with Crippen molar-refractivity contribution in [2.24, 2.45) is 5.92 Å². The number of ether oxygens (including phenoxy) is 1. The molecular formula is C32H41N3O4. The van der Waals surface area contributed by atoms with E-state index in [0.717, 1.165) is 27.5 Å². The molecule has 2 N–H and O–H groups in total. The molecule has 7 nitrogen and oxygen atoms in total.